The number of carbonyl (C=O) groups is 1. The number of benzene rings is 2. The van der Waals surface area contributed by atoms with Crippen molar-refractivity contribution in [1.29, 1.82) is 0 Å². The first kappa shape index (κ1) is 20.0. The van der Waals surface area contributed by atoms with Crippen LogP contribution < -0.4 is 9.80 Å². The first-order valence-electron chi connectivity index (χ1n) is 9.40. The number of rotatable bonds is 5. The Kier molecular flexibility index (Phi) is 5.75. The second-order valence-corrected chi connectivity index (χ2v) is 7.74. The van der Waals surface area contributed by atoms with Crippen molar-refractivity contribution in [3.8, 4) is 5.75 Å². The highest BCUT2D eigenvalue weighted by Gasteiger charge is 2.34. The van der Waals surface area contributed by atoms with Crippen LogP contribution in [0.4, 0.5) is 5.69 Å². The van der Waals surface area contributed by atoms with Gasteiger partial charge in [0.2, 0.25) is 0 Å². The normalized spacial score (nSPS) is 17.0. The highest BCUT2D eigenvalue weighted by Crippen LogP contribution is 2.39. The smallest absolute Gasteiger partial charge is 0.310 e. The number of carbonyl (C=O) groups excluding carboxylic acids is 1. The Morgan fingerprint density at radius 1 is 1.07 bits per heavy atom. The molecule has 0 N–H and O–H groups in total. The van der Waals surface area contributed by atoms with Gasteiger partial charge in [-0.3, -0.25) is 9.63 Å². The summed E-state index contributed by atoms with van der Waals surface area (Å²) in [5, 5.41) is 1.79. The van der Waals surface area contributed by atoms with Gasteiger partial charge in [0.25, 0.3) is 0 Å². The quantitative estimate of drug-likeness (QED) is 0.684. The molecular weight excluding hydrogens is 354 g/mol. The topological polar surface area (TPSA) is 48.0 Å². The fourth-order valence-electron chi connectivity index (χ4n) is 3.16. The molecule has 5 heteroatoms. The second kappa shape index (κ2) is 8.07. The van der Waals surface area contributed by atoms with Crippen molar-refractivity contribution in [2.75, 3.05) is 12.2 Å². The number of hydrogen-bond acceptors (Lipinski definition) is 5. The number of methoxy groups -OCH3 is 1. The molecule has 1 atom stereocenters. The minimum absolute atomic E-state index is 0.176. The average molecular weight is 381 g/mol. The Morgan fingerprint density at radius 2 is 1.71 bits per heavy atom. The lowest BCUT2D eigenvalue weighted by molar-refractivity contribution is -0.154. The lowest BCUT2D eigenvalue weighted by atomic mass is 10.0. The molecule has 2 aromatic rings. The minimum Gasteiger partial charge on any atom is -0.497 e. The van der Waals surface area contributed by atoms with Gasteiger partial charge in [0, 0.05) is 5.56 Å². The number of hydrogen-bond donors (Lipinski definition) is 0. The summed E-state index contributed by atoms with van der Waals surface area (Å²) in [4.78, 5) is 18.7. The molecule has 1 aliphatic rings. The van der Waals surface area contributed by atoms with Crippen LogP contribution in [-0.4, -0.2) is 24.8 Å². The molecule has 0 fully saturated rings. The van der Waals surface area contributed by atoms with Crippen LogP contribution in [0.2, 0.25) is 0 Å². The van der Waals surface area contributed by atoms with Gasteiger partial charge in [0.15, 0.2) is 0 Å². The SMILES string of the molecule is COc1ccc(N2O[C@H](C)C(CC(=O)OC(C)(C)C)=C2c2ccccc2)cc1. The van der Waals surface area contributed by atoms with Gasteiger partial charge >= 0.3 is 5.97 Å². The third kappa shape index (κ3) is 4.54. The number of nitrogens with zero attached hydrogens (tertiary/aromatic N) is 1. The molecule has 0 unspecified atom stereocenters. The van der Waals surface area contributed by atoms with Crippen LogP contribution in [0.25, 0.3) is 5.70 Å². The molecule has 0 aromatic heterocycles. The minimum atomic E-state index is -0.525. The fourth-order valence-corrected chi connectivity index (χ4v) is 3.16. The second-order valence-electron chi connectivity index (χ2n) is 7.74. The summed E-state index contributed by atoms with van der Waals surface area (Å²) >= 11 is 0. The standard InChI is InChI=1S/C23H27NO4/c1-16-20(15-21(25)27-23(2,3)4)22(17-9-7-6-8-10-17)24(28-16)18-11-13-19(26-5)14-12-18/h6-14,16H,15H2,1-5H3/t16-/m1/s1. The van der Waals surface area contributed by atoms with Crippen LogP contribution in [-0.2, 0) is 14.4 Å². The van der Waals surface area contributed by atoms with E-state index in [1.165, 1.54) is 0 Å². The molecule has 28 heavy (non-hydrogen) atoms. The Hall–Kier alpha value is -2.79. The molecule has 0 saturated heterocycles. The molecule has 3 rings (SSSR count). The van der Waals surface area contributed by atoms with Crippen LogP contribution in [0.1, 0.15) is 39.7 Å². The van der Waals surface area contributed by atoms with Gasteiger partial charge in [0.1, 0.15) is 17.5 Å². The molecule has 2 aromatic carbocycles. The van der Waals surface area contributed by atoms with Gasteiger partial charge in [-0.1, -0.05) is 30.3 Å². The summed E-state index contributed by atoms with van der Waals surface area (Å²) in [6, 6.07) is 17.6. The number of hydroxylamine groups is 1. The van der Waals surface area contributed by atoms with Crippen molar-refractivity contribution in [2.45, 2.75) is 45.8 Å². The molecule has 1 aliphatic heterocycles. The van der Waals surface area contributed by atoms with Gasteiger partial charge in [0.05, 0.1) is 24.9 Å². The van der Waals surface area contributed by atoms with E-state index in [-0.39, 0.29) is 18.5 Å². The van der Waals surface area contributed by atoms with Crippen LogP contribution in [0.3, 0.4) is 0 Å². The van der Waals surface area contributed by atoms with E-state index in [0.29, 0.717) is 0 Å². The van der Waals surface area contributed by atoms with Crippen molar-refractivity contribution in [2.24, 2.45) is 0 Å². The Morgan fingerprint density at radius 3 is 2.29 bits per heavy atom. The Labute approximate surface area is 166 Å². The van der Waals surface area contributed by atoms with E-state index >= 15 is 0 Å². The van der Waals surface area contributed by atoms with Crippen LogP contribution in [0, 0.1) is 0 Å². The summed E-state index contributed by atoms with van der Waals surface area (Å²) in [6.07, 6.45) is -0.0696. The van der Waals surface area contributed by atoms with Crippen molar-refractivity contribution in [3.63, 3.8) is 0 Å². The average Bonchev–Trinajstić information content (AvgIpc) is 2.97. The number of ether oxygens (including phenoxy) is 2. The molecule has 0 aliphatic carbocycles. The van der Waals surface area contributed by atoms with E-state index in [2.05, 4.69) is 0 Å². The fraction of sp³-hybridized carbons (Fsp3) is 0.348. The van der Waals surface area contributed by atoms with Crippen molar-refractivity contribution in [3.05, 3.63) is 65.7 Å². The van der Waals surface area contributed by atoms with Gasteiger partial charge in [-0.15, -0.1) is 0 Å². The number of anilines is 1. The van der Waals surface area contributed by atoms with Crippen molar-refractivity contribution >= 4 is 17.4 Å². The highest BCUT2D eigenvalue weighted by atomic mass is 16.7. The van der Waals surface area contributed by atoms with E-state index in [1.54, 1.807) is 12.2 Å². The summed E-state index contributed by atoms with van der Waals surface area (Å²) in [5.41, 5.74) is 3.11. The summed E-state index contributed by atoms with van der Waals surface area (Å²) < 4.78 is 10.8. The van der Waals surface area contributed by atoms with Crippen LogP contribution >= 0.6 is 0 Å². The third-order valence-electron chi connectivity index (χ3n) is 4.37. The van der Waals surface area contributed by atoms with Crippen LogP contribution in [0.15, 0.2) is 60.2 Å². The Bertz CT molecular complexity index is 850. The van der Waals surface area contributed by atoms with Gasteiger partial charge in [-0.2, -0.15) is 0 Å². The lowest BCUT2D eigenvalue weighted by Crippen LogP contribution is -2.24. The third-order valence-corrected chi connectivity index (χ3v) is 4.37. The Balaban J connectivity index is 2.00. The molecule has 0 bridgehead atoms. The van der Waals surface area contributed by atoms with Crippen molar-refractivity contribution in [1.82, 2.24) is 0 Å². The van der Waals surface area contributed by atoms with Crippen LogP contribution in [0.5, 0.6) is 5.75 Å². The first-order chi connectivity index (χ1) is 13.3. The molecule has 148 valence electrons. The van der Waals surface area contributed by atoms with E-state index in [4.69, 9.17) is 14.3 Å². The van der Waals surface area contributed by atoms with Gasteiger partial charge < -0.3 is 9.47 Å². The molecule has 0 saturated carbocycles. The van der Waals surface area contributed by atoms with E-state index in [9.17, 15) is 4.79 Å². The van der Waals surface area contributed by atoms with E-state index in [0.717, 1.165) is 28.3 Å². The molecule has 0 radical (unpaired) electrons. The number of esters is 1. The van der Waals surface area contributed by atoms with Gasteiger partial charge in [-0.05, 0) is 57.5 Å². The lowest BCUT2D eigenvalue weighted by Gasteiger charge is -2.22. The zero-order valence-electron chi connectivity index (χ0n) is 17.1. The van der Waals surface area contributed by atoms with E-state index < -0.39 is 5.60 Å². The summed E-state index contributed by atoms with van der Waals surface area (Å²) in [6.45, 7) is 7.56. The molecular formula is C23H27NO4. The zero-order valence-corrected chi connectivity index (χ0v) is 17.1. The molecule has 0 spiro atoms. The van der Waals surface area contributed by atoms with Crippen molar-refractivity contribution < 1.29 is 19.1 Å². The summed E-state index contributed by atoms with van der Waals surface area (Å²) in [7, 11) is 1.64. The van der Waals surface area contributed by atoms with E-state index in [1.807, 2.05) is 82.3 Å². The first-order valence-corrected chi connectivity index (χ1v) is 9.40. The maximum absolute atomic E-state index is 12.5. The predicted octanol–water partition coefficient (Wildman–Crippen LogP) is 4.98. The maximum Gasteiger partial charge on any atom is 0.310 e. The highest BCUT2D eigenvalue weighted by molar-refractivity contribution is 5.86. The summed E-state index contributed by atoms with van der Waals surface area (Å²) in [5.74, 6) is 0.512. The predicted molar refractivity (Wildman–Crippen MR) is 110 cm³/mol. The molecule has 5 nitrogen and oxygen atoms in total. The monoisotopic (exact) mass is 381 g/mol. The molecule has 0 amide bonds. The maximum atomic E-state index is 12.5. The largest absolute Gasteiger partial charge is 0.497 e. The molecule has 1 heterocycles. The zero-order chi connectivity index (χ0) is 20.3. The van der Waals surface area contributed by atoms with Gasteiger partial charge in [-0.25, -0.2) is 5.06 Å².